The number of nitrogens with two attached hydrogens (primary N) is 6. The van der Waals surface area contributed by atoms with Crippen LogP contribution in [0, 0.1) is 0 Å². The van der Waals surface area contributed by atoms with Crippen molar-refractivity contribution in [2.75, 3.05) is 32.7 Å². The Bertz CT molecular complexity index is 2120. The van der Waals surface area contributed by atoms with E-state index in [-0.39, 0.29) is 55.8 Å². The molecule has 2 aromatic rings. The van der Waals surface area contributed by atoms with Gasteiger partial charge in [0.25, 0.3) is 0 Å². The molecule has 19 atom stereocenters. The van der Waals surface area contributed by atoms with E-state index >= 15 is 0 Å². The minimum Gasteiger partial charge on any atom is -0.389 e. The molecule has 22 N–H and O–H groups in total. The predicted molar refractivity (Wildman–Crippen MR) is 247 cm³/mol. The molecule has 3 aliphatic heterocycles. The average Bonchev–Trinajstić information content (AvgIpc) is 3.62. The summed E-state index contributed by atoms with van der Waals surface area (Å²) >= 11 is 11.0. The van der Waals surface area contributed by atoms with E-state index in [9.17, 15) is 40.2 Å². The fourth-order valence-corrected chi connectivity index (χ4v) is 9.23. The zero-order valence-electron chi connectivity index (χ0n) is 36.7. The van der Waals surface area contributed by atoms with E-state index in [1.165, 1.54) is 0 Å². The quantitative estimate of drug-likeness (QED) is 0.0497. The molecule has 4 fully saturated rings. The number of ether oxygens (including phenoxy) is 6. The third-order valence-electron chi connectivity index (χ3n) is 12.8. The lowest BCUT2D eigenvalue weighted by atomic mass is 9.83. The lowest BCUT2D eigenvalue weighted by Crippen LogP contribution is -2.68. The van der Waals surface area contributed by atoms with Gasteiger partial charge in [-0.3, -0.25) is 9.59 Å². The molecule has 2 aromatic carbocycles. The molecule has 5 aliphatic rings. The van der Waals surface area contributed by atoms with Gasteiger partial charge in [-0.1, -0.05) is 30.3 Å². The van der Waals surface area contributed by atoms with Crippen molar-refractivity contribution in [2.24, 2.45) is 34.4 Å². The maximum atomic E-state index is 13.2. The SMILES string of the molecule is NC[C@@H]1O[C@H](O[C@H]2[C@@H](O)[C@H](O[C@@H]3[C@@H](O)[C@H](N)C[C@H](N)[C@H]3O[C@H]3O[C@H](CN)[C@@H](O)[C@H](O)[C@H]3N)O[C@@H]2CNC(=S)NCCNC(=S)NCc2ccc3c(c2)C(=O)c2ccccc2C3=O)[C@H](N)[C@@H](O)[C@@H]1O. The summed E-state index contributed by atoms with van der Waals surface area (Å²) in [5.41, 5.74) is 38.8. The molecule has 0 unspecified atom stereocenters. The normalized spacial score (nSPS) is 38.0. The number of benzene rings is 2. The van der Waals surface area contributed by atoms with Gasteiger partial charge in [-0.25, -0.2) is 0 Å². The fraction of sp³-hybridized carbons (Fsp3) is 0.619. The van der Waals surface area contributed by atoms with Crippen molar-refractivity contribution in [3.8, 4) is 0 Å². The first-order valence-corrected chi connectivity index (χ1v) is 23.0. The van der Waals surface area contributed by atoms with Gasteiger partial charge in [0.1, 0.15) is 67.1 Å². The maximum Gasteiger partial charge on any atom is 0.194 e. The second-order valence-corrected chi connectivity index (χ2v) is 18.2. The summed E-state index contributed by atoms with van der Waals surface area (Å²) in [5, 5.41) is 77.9. The molecule has 0 bridgehead atoms. The van der Waals surface area contributed by atoms with Crippen LogP contribution in [0.2, 0.25) is 0 Å². The highest BCUT2D eigenvalue weighted by Crippen LogP contribution is 2.35. The summed E-state index contributed by atoms with van der Waals surface area (Å²) < 4.78 is 36.3. The number of rotatable bonds is 15. The Hall–Kier alpha value is -3.56. The van der Waals surface area contributed by atoms with Gasteiger partial charge in [-0.05, 0) is 48.6 Å². The van der Waals surface area contributed by atoms with Crippen LogP contribution < -0.4 is 55.7 Å². The lowest BCUT2D eigenvalue weighted by Gasteiger charge is -2.47. The number of hydrogen-bond donors (Lipinski definition) is 16. The molecular formula is C42H62N10O14S2. The van der Waals surface area contributed by atoms with Gasteiger partial charge in [-0.2, -0.15) is 0 Å². The Kier molecular flexibility index (Phi) is 17.4. The van der Waals surface area contributed by atoms with Gasteiger partial charge in [0.15, 0.2) is 40.7 Å². The Morgan fingerprint density at radius 2 is 1.07 bits per heavy atom. The van der Waals surface area contributed by atoms with Crippen molar-refractivity contribution >= 4 is 46.2 Å². The standard InChI is InChI=1S/C42H62N10O14S2/c43-11-22-30(56)32(58)25(47)38(61-22)64-35-21(46)10-20(45)29(55)37(35)66-40-34(60)36(65-39-26(48)33(59)31(57)23(12-44)62-39)24(63-40)14-52-42(68)50-8-7-49-41(67)51-13-15-5-6-18-19(9-15)28(54)17-4-2-1-3-16(17)27(18)53/h1-6,9,20-26,29-40,55-60H,7-8,10-14,43-48H2,(H2,49,51,67)(H2,50,52,68)/t20-,21+,22-,23+,24-,25-,26-,29+,30-,31-,32-,33-,34-,35-,36-,37-,38-,39-,40+/m1/s1. The molecule has 3 saturated heterocycles. The third kappa shape index (κ3) is 11.1. The molecule has 1 saturated carbocycles. The van der Waals surface area contributed by atoms with Crippen LogP contribution in [0.1, 0.15) is 43.8 Å². The molecule has 7 rings (SSSR count). The van der Waals surface area contributed by atoms with E-state index in [0.29, 0.717) is 33.9 Å². The van der Waals surface area contributed by atoms with Crippen LogP contribution in [0.4, 0.5) is 0 Å². The monoisotopic (exact) mass is 994 g/mol. The topological polar surface area (TPSA) is 415 Å². The van der Waals surface area contributed by atoms with Gasteiger partial charge < -0.3 is 115 Å². The van der Waals surface area contributed by atoms with E-state index in [4.69, 9.17) is 87.3 Å². The first kappa shape index (κ1) is 52.3. The Balaban J connectivity index is 0.954. The van der Waals surface area contributed by atoms with Gasteiger partial charge in [-0.15, -0.1) is 0 Å². The number of carbonyl (C=O) groups is 2. The average molecular weight is 995 g/mol. The summed E-state index contributed by atoms with van der Waals surface area (Å²) in [6.07, 6.45) is -20.4. The molecular weight excluding hydrogens is 933 g/mol. The van der Waals surface area contributed by atoms with E-state index in [0.717, 1.165) is 5.56 Å². The van der Waals surface area contributed by atoms with Crippen LogP contribution in [0.25, 0.3) is 0 Å². The highest BCUT2D eigenvalue weighted by atomic mass is 32.1. The molecule has 0 radical (unpaired) electrons. The van der Waals surface area contributed by atoms with Crippen LogP contribution >= 0.6 is 24.4 Å². The van der Waals surface area contributed by atoms with Crippen molar-refractivity contribution in [2.45, 2.75) is 129 Å². The first-order chi connectivity index (χ1) is 32.4. The summed E-state index contributed by atoms with van der Waals surface area (Å²) in [5.74, 6) is -0.424. The van der Waals surface area contributed by atoms with E-state index in [2.05, 4.69) is 21.3 Å². The number of nitrogens with one attached hydrogen (secondary N) is 4. The highest BCUT2D eigenvalue weighted by molar-refractivity contribution is 7.80. The van der Waals surface area contributed by atoms with Crippen LogP contribution in [0.5, 0.6) is 0 Å². The largest absolute Gasteiger partial charge is 0.389 e. The Morgan fingerprint density at radius 3 is 1.65 bits per heavy atom. The summed E-state index contributed by atoms with van der Waals surface area (Å²) in [4.78, 5) is 26.1. The highest BCUT2D eigenvalue weighted by Gasteiger charge is 2.54. The van der Waals surface area contributed by atoms with Gasteiger partial charge in [0, 0.05) is 73.6 Å². The van der Waals surface area contributed by atoms with E-state index < -0.39 is 116 Å². The molecule has 0 spiro atoms. The van der Waals surface area contributed by atoms with Crippen LogP contribution in [0.15, 0.2) is 42.5 Å². The van der Waals surface area contributed by atoms with E-state index in [1.807, 2.05) is 0 Å². The number of hydrogen-bond acceptors (Lipinski definition) is 22. The Morgan fingerprint density at radius 1 is 0.574 bits per heavy atom. The van der Waals surface area contributed by atoms with Gasteiger partial charge in [0.2, 0.25) is 0 Å². The molecule has 3 heterocycles. The predicted octanol–water partition coefficient (Wildman–Crippen LogP) is -6.98. The summed E-state index contributed by atoms with van der Waals surface area (Å²) in [7, 11) is 0. The minimum absolute atomic E-state index is 0.0553. The molecule has 2 aliphatic carbocycles. The van der Waals surface area contributed by atoms with E-state index in [1.54, 1.807) is 42.5 Å². The molecule has 24 nitrogen and oxygen atoms in total. The van der Waals surface area contributed by atoms with Crippen molar-refractivity contribution in [1.82, 2.24) is 21.3 Å². The fourth-order valence-electron chi connectivity index (χ4n) is 8.87. The van der Waals surface area contributed by atoms with Crippen LogP contribution in [-0.2, 0) is 35.0 Å². The first-order valence-electron chi connectivity index (χ1n) is 22.2. The van der Waals surface area contributed by atoms with Gasteiger partial charge in [0.05, 0.1) is 18.2 Å². The zero-order chi connectivity index (χ0) is 49.1. The smallest absolute Gasteiger partial charge is 0.194 e. The van der Waals surface area contributed by atoms with Gasteiger partial charge >= 0.3 is 0 Å². The second kappa shape index (κ2) is 22.7. The summed E-state index contributed by atoms with van der Waals surface area (Å²) in [6, 6.07) is 7.42. The lowest BCUT2D eigenvalue weighted by molar-refractivity contribution is -0.306. The van der Waals surface area contributed by atoms with Crippen molar-refractivity contribution < 1.29 is 68.6 Å². The molecule has 376 valence electrons. The van der Waals surface area contributed by atoms with Crippen molar-refractivity contribution in [3.05, 3.63) is 70.3 Å². The zero-order valence-corrected chi connectivity index (χ0v) is 38.3. The Labute approximate surface area is 401 Å². The molecule has 26 heteroatoms. The van der Waals surface area contributed by atoms with Crippen molar-refractivity contribution in [3.63, 3.8) is 0 Å². The maximum absolute atomic E-state index is 13.2. The molecule has 68 heavy (non-hydrogen) atoms. The molecule has 0 amide bonds. The summed E-state index contributed by atoms with van der Waals surface area (Å²) in [6.45, 7) is 0.374. The number of fused-ring (bicyclic) bond motifs is 2. The third-order valence-corrected chi connectivity index (χ3v) is 13.4. The number of carbonyl (C=O) groups excluding carboxylic acids is 2. The molecule has 0 aromatic heterocycles. The number of aliphatic hydroxyl groups excluding tert-OH is 6. The van der Waals surface area contributed by atoms with Crippen molar-refractivity contribution in [1.29, 1.82) is 0 Å². The number of thiocarbonyl (C=S) groups is 2. The van der Waals surface area contributed by atoms with Crippen LogP contribution in [-0.4, -0.2) is 201 Å². The second-order valence-electron chi connectivity index (χ2n) is 17.4. The number of ketones is 2. The van der Waals surface area contributed by atoms with Crippen LogP contribution in [0.3, 0.4) is 0 Å². The number of aliphatic hydroxyl groups is 6. The minimum atomic E-state index is -1.65.